The van der Waals surface area contributed by atoms with E-state index in [-0.39, 0.29) is 10.8 Å². The molecule has 72 valence electrons. The molecule has 0 amide bonds. The lowest BCUT2D eigenvalue weighted by Crippen LogP contribution is -2.01. The van der Waals surface area contributed by atoms with Crippen molar-refractivity contribution in [3.63, 3.8) is 0 Å². The molecule has 0 aliphatic rings. The molecule has 0 unspecified atom stereocenters. The Bertz CT molecular complexity index is 308. The van der Waals surface area contributed by atoms with Crippen molar-refractivity contribution >= 4 is 17.3 Å². The minimum atomic E-state index is -0.975. The summed E-state index contributed by atoms with van der Waals surface area (Å²) in [5.41, 5.74) is 0. The SMILES string of the molecule is CCCOc1nc(C)sc1C(=O)O. The monoisotopic (exact) mass is 201 g/mol. The van der Waals surface area contributed by atoms with Crippen molar-refractivity contribution in [2.75, 3.05) is 6.61 Å². The molecule has 0 saturated heterocycles. The van der Waals surface area contributed by atoms with Crippen molar-refractivity contribution in [1.82, 2.24) is 4.98 Å². The molecule has 4 nitrogen and oxygen atoms in total. The van der Waals surface area contributed by atoms with Crippen LogP contribution < -0.4 is 4.74 Å². The number of nitrogens with zero attached hydrogens (tertiary/aromatic N) is 1. The second kappa shape index (κ2) is 4.23. The molecule has 1 heterocycles. The lowest BCUT2D eigenvalue weighted by atomic mass is 10.5. The number of thiazole rings is 1. The minimum absolute atomic E-state index is 0.186. The van der Waals surface area contributed by atoms with Gasteiger partial charge in [0.25, 0.3) is 0 Å². The molecule has 5 heteroatoms. The molecular weight excluding hydrogens is 190 g/mol. The highest BCUT2D eigenvalue weighted by molar-refractivity contribution is 7.13. The molecular formula is C8H11NO3S. The summed E-state index contributed by atoms with van der Waals surface area (Å²) in [6.45, 7) is 4.22. The summed E-state index contributed by atoms with van der Waals surface area (Å²) < 4.78 is 5.19. The van der Waals surface area contributed by atoms with Crippen LogP contribution in [-0.4, -0.2) is 22.7 Å². The number of rotatable bonds is 4. The summed E-state index contributed by atoms with van der Waals surface area (Å²) >= 11 is 1.14. The molecule has 1 N–H and O–H groups in total. The summed E-state index contributed by atoms with van der Waals surface area (Å²) in [6, 6.07) is 0. The van der Waals surface area contributed by atoms with Crippen LogP contribution in [0.15, 0.2) is 0 Å². The standard InChI is InChI=1S/C8H11NO3S/c1-3-4-12-7-6(8(10)11)13-5(2)9-7/h3-4H2,1-2H3,(H,10,11). The number of carbonyl (C=O) groups is 1. The molecule has 0 aliphatic carbocycles. The fourth-order valence-corrected chi connectivity index (χ4v) is 1.54. The highest BCUT2D eigenvalue weighted by Gasteiger charge is 2.16. The van der Waals surface area contributed by atoms with Crippen molar-refractivity contribution in [2.24, 2.45) is 0 Å². The molecule has 0 fully saturated rings. The van der Waals surface area contributed by atoms with Gasteiger partial charge in [-0.05, 0) is 13.3 Å². The number of aromatic nitrogens is 1. The summed E-state index contributed by atoms with van der Waals surface area (Å²) in [4.78, 5) is 14.9. The topological polar surface area (TPSA) is 59.4 Å². The quantitative estimate of drug-likeness (QED) is 0.808. The maximum atomic E-state index is 10.7. The number of carboxylic acid groups (broad SMARTS) is 1. The summed E-state index contributed by atoms with van der Waals surface area (Å²) in [7, 11) is 0. The van der Waals surface area contributed by atoms with E-state index in [1.807, 2.05) is 6.92 Å². The maximum absolute atomic E-state index is 10.7. The first-order valence-electron chi connectivity index (χ1n) is 3.98. The van der Waals surface area contributed by atoms with E-state index in [2.05, 4.69) is 4.98 Å². The van der Waals surface area contributed by atoms with Crippen molar-refractivity contribution in [3.05, 3.63) is 9.88 Å². The Morgan fingerprint density at radius 1 is 1.69 bits per heavy atom. The normalized spacial score (nSPS) is 10.0. The van der Waals surface area contributed by atoms with Gasteiger partial charge in [0.2, 0.25) is 5.88 Å². The minimum Gasteiger partial charge on any atom is -0.477 e. The largest absolute Gasteiger partial charge is 0.477 e. The van der Waals surface area contributed by atoms with Crippen LogP contribution in [0.4, 0.5) is 0 Å². The first-order valence-corrected chi connectivity index (χ1v) is 4.80. The Hall–Kier alpha value is -1.10. The first-order chi connectivity index (χ1) is 6.15. The van der Waals surface area contributed by atoms with Crippen LogP contribution in [0.1, 0.15) is 28.0 Å². The Morgan fingerprint density at radius 3 is 2.92 bits per heavy atom. The van der Waals surface area contributed by atoms with Crippen LogP contribution in [0.3, 0.4) is 0 Å². The molecule has 13 heavy (non-hydrogen) atoms. The molecule has 0 saturated carbocycles. The van der Waals surface area contributed by atoms with Gasteiger partial charge < -0.3 is 9.84 Å². The average Bonchev–Trinajstić information content (AvgIpc) is 2.43. The van der Waals surface area contributed by atoms with Crippen LogP contribution in [-0.2, 0) is 0 Å². The third-order valence-corrected chi connectivity index (χ3v) is 2.28. The maximum Gasteiger partial charge on any atom is 0.351 e. The first kappa shape index (κ1) is 9.98. The van der Waals surface area contributed by atoms with E-state index in [1.54, 1.807) is 6.92 Å². The zero-order valence-corrected chi connectivity index (χ0v) is 8.35. The van der Waals surface area contributed by atoms with Gasteiger partial charge in [-0.3, -0.25) is 0 Å². The molecule has 1 rings (SSSR count). The Labute approximate surface area is 80.2 Å². The van der Waals surface area contributed by atoms with Crippen LogP contribution in [0.5, 0.6) is 5.88 Å². The molecule has 1 aromatic heterocycles. The predicted molar refractivity (Wildman–Crippen MR) is 49.6 cm³/mol. The zero-order chi connectivity index (χ0) is 9.84. The Balaban J connectivity index is 2.84. The van der Waals surface area contributed by atoms with Gasteiger partial charge >= 0.3 is 5.97 Å². The third-order valence-electron chi connectivity index (χ3n) is 1.34. The smallest absolute Gasteiger partial charge is 0.351 e. The molecule has 0 bridgehead atoms. The molecule has 0 atom stereocenters. The Morgan fingerprint density at radius 2 is 2.38 bits per heavy atom. The van der Waals surface area contributed by atoms with Crippen LogP contribution in [0, 0.1) is 6.92 Å². The lowest BCUT2D eigenvalue weighted by Gasteiger charge is -1.99. The number of aromatic carboxylic acids is 1. The van der Waals surface area contributed by atoms with Crippen LogP contribution in [0.2, 0.25) is 0 Å². The summed E-state index contributed by atoms with van der Waals surface area (Å²) in [5.74, 6) is -0.728. The molecule has 0 aliphatic heterocycles. The third kappa shape index (κ3) is 2.42. The summed E-state index contributed by atoms with van der Waals surface area (Å²) in [6.07, 6.45) is 0.843. The predicted octanol–water partition coefficient (Wildman–Crippen LogP) is 1.94. The van der Waals surface area contributed by atoms with E-state index in [1.165, 1.54) is 0 Å². The number of hydrogen-bond donors (Lipinski definition) is 1. The lowest BCUT2D eigenvalue weighted by molar-refractivity contribution is 0.0697. The van der Waals surface area contributed by atoms with E-state index in [4.69, 9.17) is 9.84 Å². The zero-order valence-electron chi connectivity index (χ0n) is 7.53. The Kier molecular flexibility index (Phi) is 3.25. The highest BCUT2D eigenvalue weighted by atomic mass is 32.1. The second-order valence-corrected chi connectivity index (χ2v) is 3.72. The van der Waals surface area contributed by atoms with Crippen LogP contribution in [0.25, 0.3) is 0 Å². The van der Waals surface area contributed by atoms with Gasteiger partial charge in [-0.1, -0.05) is 6.92 Å². The molecule has 1 aromatic rings. The average molecular weight is 201 g/mol. The van der Waals surface area contributed by atoms with Gasteiger partial charge in [0.15, 0.2) is 4.88 Å². The molecule has 0 aromatic carbocycles. The van der Waals surface area contributed by atoms with Crippen molar-refractivity contribution in [1.29, 1.82) is 0 Å². The van der Waals surface area contributed by atoms with E-state index in [0.717, 1.165) is 17.8 Å². The fraction of sp³-hybridized carbons (Fsp3) is 0.500. The van der Waals surface area contributed by atoms with E-state index < -0.39 is 5.97 Å². The number of aryl methyl sites for hydroxylation is 1. The molecule has 0 spiro atoms. The van der Waals surface area contributed by atoms with Crippen molar-refractivity contribution in [2.45, 2.75) is 20.3 Å². The van der Waals surface area contributed by atoms with E-state index >= 15 is 0 Å². The number of ether oxygens (including phenoxy) is 1. The van der Waals surface area contributed by atoms with Gasteiger partial charge in [-0.15, -0.1) is 11.3 Å². The molecule has 0 radical (unpaired) electrons. The van der Waals surface area contributed by atoms with Gasteiger partial charge in [0.1, 0.15) is 0 Å². The highest BCUT2D eigenvalue weighted by Crippen LogP contribution is 2.24. The van der Waals surface area contributed by atoms with Crippen molar-refractivity contribution < 1.29 is 14.6 Å². The van der Waals surface area contributed by atoms with Gasteiger partial charge in [0.05, 0.1) is 11.6 Å². The van der Waals surface area contributed by atoms with E-state index in [0.29, 0.717) is 11.6 Å². The van der Waals surface area contributed by atoms with Crippen LogP contribution >= 0.6 is 11.3 Å². The fourth-order valence-electron chi connectivity index (χ4n) is 0.840. The van der Waals surface area contributed by atoms with Crippen molar-refractivity contribution in [3.8, 4) is 5.88 Å². The van der Waals surface area contributed by atoms with Gasteiger partial charge in [0, 0.05) is 0 Å². The van der Waals surface area contributed by atoms with E-state index in [9.17, 15) is 4.79 Å². The number of carboxylic acids is 1. The van der Waals surface area contributed by atoms with Gasteiger partial charge in [-0.2, -0.15) is 0 Å². The second-order valence-electron chi connectivity index (χ2n) is 2.52. The summed E-state index contributed by atoms with van der Waals surface area (Å²) in [5, 5.41) is 9.48. The number of hydrogen-bond acceptors (Lipinski definition) is 4. The van der Waals surface area contributed by atoms with Gasteiger partial charge in [-0.25, -0.2) is 9.78 Å².